The Bertz CT molecular complexity index is 541. The maximum atomic E-state index is 11.9. The molecular formula is C12H11N3O2. The summed E-state index contributed by atoms with van der Waals surface area (Å²) in [7, 11) is 0. The number of hydrogen-bond donors (Lipinski definition) is 2. The lowest BCUT2D eigenvalue weighted by atomic mass is 10.1. The monoisotopic (exact) mass is 229 g/mol. The van der Waals surface area contributed by atoms with Crippen molar-refractivity contribution in [3.8, 4) is 5.75 Å². The zero-order chi connectivity index (χ0) is 12.3. The van der Waals surface area contributed by atoms with Crippen LogP contribution in [0.5, 0.6) is 5.75 Å². The first-order valence-corrected chi connectivity index (χ1v) is 5.05. The minimum atomic E-state index is -0.343. The summed E-state index contributed by atoms with van der Waals surface area (Å²) in [5, 5.41) is 12.1. The summed E-state index contributed by atoms with van der Waals surface area (Å²) in [6.07, 6.45) is 3.08. The number of rotatable bonds is 2. The van der Waals surface area contributed by atoms with Gasteiger partial charge < -0.3 is 5.11 Å². The van der Waals surface area contributed by atoms with Crippen molar-refractivity contribution in [2.45, 2.75) is 6.92 Å². The Morgan fingerprint density at radius 2 is 1.94 bits per heavy atom. The maximum Gasteiger partial charge on any atom is 0.258 e. The molecule has 2 aromatic rings. The van der Waals surface area contributed by atoms with Crippen molar-refractivity contribution in [3.05, 3.63) is 47.8 Å². The van der Waals surface area contributed by atoms with Crippen LogP contribution in [0.1, 0.15) is 15.9 Å². The van der Waals surface area contributed by atoms with Crippen molar-refractivity contribution in [2.75, 3.05) is 5.32 Å². The number of aromatic nitrogens is 2. The lowest BCUT2D eigenvalue weighted by molar-refractivity contribution is 0.102. The Labute approximate surface area is 98.2 Å². The number of benzene rings is 1. The number of carbonyl (C=O) groups is 1. The molecule has 0 spiro atoms. The average molecular weight is 229 g/mol. The van der Waals surface area contributed by atoms with Crippen LogP contribution in [-0.2, 0) is 0 Å². The summed E-state index contributed by atoms with van der Waals surface area (Å²) in [5.74, 6) is -0.0172. The highest BCUT2D eigenvalue weighted by atomic mass is 16.3. The molecule has 0 atom stereocenters. The van der Waals surface area contributed by atoms with E-state index in [0.29, 0.717) is 11.1 Å². The van der Waals surface area contributed by atoms with E-state index < -0.39 is 0 Å². The lowest BCUT2D eigenvalue weighted by Gasteiger charge is -2.07. The van der Waals surface area contributed by atoms with Gasteiger partial charge in [-0.2, -0.15) is 0 Å². The first-order chi connectivity index (χ1) is 8.18. The number of phenolic OH excluding ortho intramolecular Hbond substituents is 1. The van der Waals surface area contributed by atoms with Crippen LogP contribution in [-0.4, -0.2) is 21.0 Å². The van der Waals surface area contributed by atoms with E-state index in [1.807, 2.05) is 0 Å². The van der Waals surface area contributed by atoms with Crippen molar-refractivity contribution in [2.24, 2.45) is 0 Å². The van der Waals surface area contributed by atoms with Gasteiger partial charge in [0.15, 0.2) is 0 Å². The van der Waals surface area contributed by atoms with Crippen LogP contribution in [0, 0.1) is 6.92 Å². The first kappa shape index (κ1) is 11.1. The van der Waals surface area contributed by atoms with Crippen LogP contribution in [0.3, 0.4) is 0 Å². The predicted molar refractivity (Wildman–Crippen MR) is 62.8 cm³/mol. The minimum Gasteiger partial charge on any atom is -0.508 e. The molecule has 0 aliphatic carbocycles. The van der Waals surface area contributed by atoms with E-state index in [9.17, 15) is 9.90 Å². The molecule has 0 radical (unpaired) electrons. The predicted octanol–water partition coefficient (Wildman–Crippen LogP) is 1.74. The van der Waals surface area contributed by atoms with E-state index in [0.717, 1.165) is 0 Å². The molecule has 0 unspecified atom stereocenters. The Morgan fingerprint density at radius 3 is 2.65 bits per heavy atom. The van der Waals surface area contributed by atoms with Gasteiger partial charge >= 0.3 is 0 Å². The molecule has 0 aliphatic heterocycles. The fourth-order valence-corrected chi connectivity index (χ4v) is 1.40. The van der Waals surface area contributed by atoms with Gasteiger partial charge in [-0.05, 0) is 25.1 Å². The van der Waals surface area contributed by atoms with Crippen LogP contribution in [0.4, 0.5) is 5.95 Å². The van der Waals surface area contributed by atoms with Gasteiger partial charge in [0.05, 0.1) is 0 Å². The fraction of sp³-hybridized carbons (Fsp3) is 0.0833. The molecular weight excluding hydrogens is 218 g/mol. The molecule has 17 heavy (non-hydrogen) atoms. The first-order valence-electron chi connectivity index (χ1n) is 5.05. The fourth-order valence-electron chi connectivity index (χ4n) is 1.40. The molecule has 86 valence electrons. The normalized spacial score (nSPS) is 9.94. The zero-order valence-corrected chi connectivity index (χ0v) is 9.21. The molecule has 5 nitrogen and oxygen atoms in total. The molecule has 0 aliphatic rings. The molecule has 1 aromatic heterocycles. The van der Waals surface area contributed by atoms with E-state index in [1.54, 1.807) is 25.1 Å². The third kappa shape index (κ3) is 2.39. The van der Waals surface area contributed by atoms with E-state index >= 15 is 0 Å². The molecule has 1 amide bonds. The lowest BCUT2D eigenvalue weighted by Crippen LogP contribution is -2.15. The topological polar surface area (TPSA) is 75.1 Å². The smallest absolute Gasteiger partial charge is 0.258 e. The van der Waals surface area contributed by atoms with Crippen molar-refractivity contribution >= 4 is 11.9 Å². The van der Waals surface area contributed by atoms with Crippen LogP contribution in [0.2, 0.25) is 0 Å². The Balaban J connectivity index is 2.24. The molecule has 2 rings (SSSR count). The molecule has 1 heterocycles. The van der Waals surface area contributed by atoms with E-state index in [1.165, 1.54) is 18.5 Å². The number of phenols is 1. The zero-order valence-electron chi connectivity index (χ0n) is 9.21. The quantitative estimate of drug-likeness (QED) is 0.822. The summed E-state index contributed by atoms with van der Waals surface area (Å²) >= 11 is 0. The number of hydrogen-bond acceptors (Lipinski definition) is 4. The maximum absolute atomic E-state index is 11.9. The van der Waals surface area contributed by atoms with E-state index in [2.05, 4.69) is 15.3 Å². The van der Waals surface area contributed by atoms with E-state index in [-0.39, 0.29) is 17.6 Å². The van der Waals surface area contributed by atoms with E-state index in [4.69, 9.17) is 0 Å². The van der Waals surface area contributed by atoms with Crippen molar-refractivity contribution < 1.29 is 9.90 Å². The standard InChI is InChI=1S/C12H11N3O2/c1-8-9(4-2-5-10(8)16)11(17)15-12-13-6-3-7-14-12/h2-7,16H,1H3,(H,13,14,15,17). The Kier molecular flexibility index (Phi) is 3.00. The summed E-state index contributed by atoms with van der Waals surface area (Å²) < 4.78 is 0. The molecule has 1 aromatic carbocycles. The van der Waals surface area contributed by atoms with Crippen LogP contribution >= 0.6 is 0 Å². The van der Waals surface area contributed by atoms with Gasteiger partial charge in [-0.1, -0.05) is 6.07 Å². The SMILES string of the molecule is Cc1c(O)cccc1C(=O)Nc1ncccn1. The second-order valence-electron chi connectivity index (χ2n) is 3.48. The second-order valence-corrected chi connectivity index (χ2v) is 3.48. The second kappa shape index (κ2) is 4.61. The number of nitrogens with one attached hydrogen (secondary N) is 1. The van der Waals surface area contributed by atoms with Gasteiger partial charge in [0.25, 0.3) is 5.91 Å². The Morgan fingerprint density at radius 1 is 1.24 bits per heavy atom. The largest absolute Gasteiger partial charge is 0.508 e. The summed E-state index contributed by atoms with van der Waals surface area (Å²) in [4.78, 5) is 19.7. The molecule has 0 fully saturated rings. The summed E-state index contributed by atoms with van der Waals surface area (Å²) in [6, 6.07) is 6.44. The van der Waals surface area contributed by atoms with Crippen LogP contribution in [0.15, 0.2) is 36.7 Å². The summed E-state index contributed by atoms with van der Waals surface area (Å²) in [5.41, 5.74) is 0.929. The summed E-state index contributed by atoms with van der Waals surface area (Å²) in [6.45, 7) is 1.68. The van der Waals surface area contributed by atoms with Gasteiger partial charge in [-0.15, -0.1) is 0 Å². The third-order valence-electron chi connectivity index (χ3n) is 2.34. The number of aromatic hydroxyl groups is 1. The van der Waals surface area contributed by atoms with Crippen LogP contribution < -0.4 is 5.32 Å². The van der Waals surface area contributed by atoms with Gasteiger partial charge in [0.1, 0.15) is 5.75 Å². The van der Waals surface area contributed by atoms with Gasteiger partial charge in [-0.3, -0.25) is 10.1 Å². The number of amides is 1. The highest BCUT2D eigenvalue weighted by Gasteiger charge is 2.12. The van der Waals surface area contributed by atoms with Crippen LogP contribution in [0.25, 0.3) is 0 Å². The van der Waals surface area contributed by atoms with Gasteiger partial charge in [0.2, 0.25) is 5.95 Å². The highest BCUT2D eigenvalue weighted by Crippen LogP contribution is 2.19. The molecule has 0 saturated heterocycles. The average Bonchev–Trinajstić information content (AvgIpc) is 2.34. The highest BCUT2D eigenvalue weighted by molar-refractivity contribution is 6.04. The van der Waals surface area contributed by atoms with Gasteiger partial charge in [0, 0.05) is 23.5 Å². The molecule has 5 heteroatoms. The van der Waals surface area contributed by atoms with Crippen molar-refractivity contribution in [1.29, 1.82) is 0 Å². The van der Waals surface area contributed by atoms with Crippen molar-refractivity contribution in [1.82, 2.24) is 9.97 Å². The molecule has 2 N–H and O–H groups in total. The third-order valence-corrected chi connectivity index (χ3v) is 2.34. The number of carbonyl (C=O) groups excluding carboxylic acids is 1. The molecule has 0 bridgehead atoms. The minimum absolute atomic E-state index is 0.0895. The van der Waals surface area contributed by atoms with Gasteiger partial charge in [-0.25, -0.2) is 9.97 Å². The van der Waals surface area contributed by atoms with Crippen molar-refractivity contribution in [3.63, 3.8) is 0 Å². The number of anilines is 1. The molecule has 0 saturated carbocycles. The number of nitrogens with zero attached hydrogens (tertiary/aromatic N) is 2. The Hall–Kier alpha value is -2.43.